The monoisotopic (exact) mass is 102 g/mol. The first-order valence-corrected chi connectivity index (χ1v) is 2.27. The van der Waals surface area contributed by atoms with Crippen molar-refractivity contribution in [3.8, 4) is 0 Å². The van der Waals surface area contributed by atoms with Gasteiger partial charge in [0.15, 0.2) is 0 Å². The van der Waals surface area contributed by atoms with Crippen LogP contribution in [0.5, 0.6) is 0 Å². The minimum Gasteiger partial charge on any atom is -0.499 e. The number of hydrogen-bond donors (Lipinski definition) is 1. The molecular formula is C5H12NO+. The molecule has 7 heavy (non-hydrogen) atoms. The van der Waals surface area contributed by atoms with Crippen LogP contribution >= 0.6 is 0 Å². The summed E-state index contributed by atoms with van der Waals surface area (Å²) in [6.07, 6.45) is 3.58. The van der Waals surface area contributed by atoms with Gasteiger partial charge < -0.3 is 9.64 Å². The third-order valence-electron chi connectivity index (χ3n) is 0.537. The van der Waals surface area contributed by atoms with E-state index in [1.807, 2.05) is 20.3 Å². The molecule has 1 N–H and O–H groups in total. The van der Waals surface area contributed by atoms with Gasteiger partial charge in [-0.15, -0.1) is 0 Å². The maximum atomic E-state index is 4.65. The lowest BCUT2D eigenvalue weighted by molar-refractivity contribution is -0.801. The second-order valence-corrected chi connectivity index (χ2v) is 1.62. The summed E-state index contributed by atoms with van der Waals surface area (Å²) in [6, 6.07) is 0. The van der Waals surface area contributed by atoms with Crippen LogP contribution in [0.25, 0.3) is 0 Å². The van der Waals surface area contributed by atoms with E-state index in [0.717, 1.165) is 0 Å². The molecule has 0 heterocycles. The molecule has 0 aromatic carbocycles. The van der Waals surface area contributed by atoms with Crippen LogP contribution in [-0.4, -0.2) is 21.2 Å². The van der Waals surface area contributed by atoms with Crippen molar-refractivity contribution >= 4 is 0 Å². The van der Waals surface area contributed by atoms with Gasteiger partial charge >= 0.3 is 0 Å². The van der Waals surface area contributed by atoms with E-state index in [4.69, 9.17) is 0 Å². The zero-order valence-electron chi connectivity index (χ0n) is 5.06. The zero-order valence-corrected chi connectivity index (χ0v) is 5.06. The molecule has 0 aliphatic heterocycles. The fourth-order valence-electron chi connectivity index (χ4n) is 0.204. The summed E-state index contributed by atoms with van der Waals surface area (Å²) < 4.78 is 4.65. The molecule has 0 unspecified atom stereocenters. The Morgan fingerprint density at radius 2 is 2.00 bits per heavy atom. The van der Waals surface area contributed by atoms with Gasteiger partial charge in [0.05, 0.1) is 21.2 Å². The average molecular weight is 102 g/mol. The van der Waals surface area contributed by atoms with Gasteiger partial charge in [0.1, 0.15) is 12.5 Å². The van der Waals surface area contributed by atoms with Crippen molar-refractivity contribution in [1.29, 1.82) is 0 Å². The third-order valence-corrected chi connectivity index (χ3v) is 0.537. The summed E-state index contributed by atoms with van der Waals surface area (Å²) in [5.41, 5.74) is 0. The molecule has 0 fully saturated rings. The maximum Gasteiger partial charge on any atom is 0.135 e. The second kappa shape index (κ2) is 3.68. The number of ether oxygens (including phenoxy) is 1. The van der Waals surface area contributed by atoms with E-state index < -0.39 is 0 Å². The Kier molecular flexibility index (Phi) is 3.42. The van der Waals surface area contributed by atoms with E-state index in [0.29, 0.717) is 0 Å². The van der Waals surface area contributed by atoms with E-state index in [-0.39, 0.29) is 0 Å². The Bertz CT molecular complexity index is 59.1. The normalized spacial score (nSPS) is 10.9. The fourth-order valence-corrected chi connectivity index (χ4v) is 0.204. The van der Waals surface area contributed by atoms with Gasteiger partial charge in [-0.1, -0.05) is 0 Å². The van der Waals surface area contributed by atoms with E-state index in [1.165, 1.54) is 4.90 Å². The molecule has 0 aromatic rings. The molecule has 0 radical (unpaired) electrons. The predicted octanol–water partition coefficient (Wildman–Crippen LogP) is -0.751. The molecule has 0 bridgehead atoms. The summed E-state index contributed by atoms with van der Waals surface area (Å²) in [7, 11) is 5.68. The van der Waals surface area contributed by atoms with Crippen LogP contribution in [0.1, 0.15) is 0 Å². The molecular weight excluding hydrogens is 90.1 g/mol. The molecule has 0 aliphatic rings. The zero-order chi connectivity index (χ0) is 5.70. The van der Waals surface area contributed by atoms with E-state index in [1.54, 1.807) is 13.4 Å². The number of nitrogens with one attached hydrogen (secondary N) is 1. The van der Waals surface area contributed by atoms with Crippen molar-refractivity contribution in [2.45, 2.75) is 0 Å². The lowest BCUT2D eigenvalue weighted by Crippen LogP contribution is -3.00. The summed E-state index contributed by atoms with van der Waals surface area (Å²) in [6.45, 7) is 0. The highest BCUT2D eigenvalue weighted by atomic mass is 16.5. The molecule has 0 spiro atoms. The van der Waals surface area contributed by atoms with Gasteiger partial charge in [0.2, 0.25) is 0 Å². The summed E-state index contributed by atoms with van der Waals surface area (Å²) >= 11 is 0. The molecule has 0 saturated carbocycles. The number of hydrogen-bond acceptors (Lipinski definition) is 1. The lowest BCUT2D eigenvalue weighted by atomic mass is 10.8. The minimum absolute atomic E-state index is 1.25. The molecule has 0 amide bonds. The Balaban J connectivity index is 3.08. The Morgan fingerprint density at radius 1 is 1.43 bits per heavy atom. The Hall–Kier alpha value is -0.500. The highest BCUT2D eigenvalue weighted by Gasteiger charge is 1.76. The van der Waals surface area contributed by atoms with Gasteiger partial charge in [-0.05, 0) is 0 Å². The lowest BCUT2D eigenvalue weighted by Gasteiger charge is -1.94. The molecule has 0 aliphatic carbocycles. The second-order valence-electron chi connectivity index (χ2n) is 1.62. The molecule has 0 atom stereocenters. The van der Waals surface area contributed by atoms with Crippen LogP contribution < -0.4 is 4.90 Å². The van der Waals surface area contributed by atoms with Crippen LogP contribution in [-0.2, 0) is 4.74 Å². The number of quaternary nitrogens is 1. The SMILES string of the molecule is COC=C[NH+](C)C. The standard InChI is InChI=1S/C5H11NO/c1-6(2)4-5-7-3/h4-5H,1-3H3/p+1. The van der Waals surface area contributed by atoms with Crippen LogP contribution in [0.3, 0.4) is 0 Å². The van der Waals surface area contributed by atoms with Gasteiger partial charge in [-0.3, -0.25) is 0 Å². The smallest absolute Gasteiger partial charge is 0.135 e. The first-order valence-electron chi connectivity index (χ1n) is 2.27. The fraction of sp³-hybridized carbons (Fsp3) is 0.600. The molecule has 42 valence electrons. The highest BCUT2D eigenvalue weighted by Crippen LogP contribution is 1.58. The summed E-state index contributed by atoms with van der Waals surface area (Å²) in [5.74, 6) is 0. The molecule has 2 heteroatoms. The Morgan fingerprint density at radius 3 is 2.14 bits per heavy atom. The van der Waals surface area contributed by atoms with Crippen molar-refractivity contribution < 1.29 is 9.64 Å². The van der Waals surface area contributed by atoms with Crippen LogP contribution in [0, 0.1) is 0 Å². The minimum atomic E-state index is 1.25. The van der Waals surface area contributed by atoms with Crippen LogP contribution in [0.2, 0.25) is 0 Å². The van der Waals surface area contributed by atoms with E-state index in [9.17, 15) is 0 Å². The molecule has 0 aromatic heterocycles. The van der Waals surface area contributed by atoms with Gasteiger partial charge in [0, 0.05) is 0 Å². The summed E-state index contributed by atoms with van der Waals surface area (Å²) in [5, 5.41) is 0. The first kappa shape index (κ1) is 6.50. The average Bonchev–Trinajstić information content (AvgIpc) is 1.61. The predicted molar refractivity (Wildman–Crippen MR) is 29.0 cm³/mol. The van der Waals surface area contributed by atoms with Crippen molar-refractivity contribution in [1.82, 2.24) is 0 Å². The van der Waals surface area contributed by atoms with Gasteiger partial charge in [-0.2, -0.15) is 0 Å². The quantitative estimate of drug-likeness (QED) is 0.453. The largest absolute Gasteiger partial charge is 0.499 e. The van der Waals surface area contributed by atoms with E-state index >= 15 is 0 Å². The first-order chi connectivity index (χ1) is 3.27. The molecule has 2 nitrogen and oxygen atoms in total. The Labute approximate surface area is 44.4 Å². The third kappa shape index (κ3) is 5.50. The van der Waals surface area contributed by atoms with Gasteiger partial charge in [-0.25, -0.2) is 0 Å². The van der Waals surface area contributed by atoms with Crippen molar-refractivity contribution in [2.24, 2.45) is 0 Å². The van der Waals surface area contributed by atoms with Crippen molar-refractivity contribution in [2.75, 3.05) is 21.2 Å². The highest BCUT2D eigenvalue weighted by molar-refractivity contribution is 4.54. The number of methoxy groups -OCH3 is 1. The van der Waals surface area contributed by atoms with Crippen molar-refractivity contribution in [3.63, 3.8) is 0 Å². The molecule has 0 saturated heterocycles. The molecule has 0 rings (SSSR count). The van der Waals surface area contributed by atoms with Crippen LogP contribution in [0.15, 0.2) is 12.5 Å². The summed E-state index contributed by atoms with van der Waals surface area (Å²) in [4.78, 5) is 1.25. The van der Waals surface area contributed by atoms with Crippen LogP contribution in [0.4, 0.5) is 0 Å². The van der Waals surface area contributed by atoms with E-state index in [2.05, 4.69) is 4.74 Å². The topological polar surface area (TPSA) is 13.7 Å². The van der Waals surface area contributed by atoms with Gasteiger partial charge in [0.25, 0.3) is 0 Å². The maximum absolute atomic E-state index is 4.65. The van der Waals surface area contributed by atoms with Crippen molar-refractivity contribution in [3.05, 3.63) is 12.5 Å². The number of rotatable bonds is 2.